The third-order valence-electron chi connectivity index (χ3n) is 2.65. The Kier molecular flexibility index (Phi) is 3.93. The highest BCUT2D eigenvalue weighted by Gasteiger charge is 2.28. The fraction of sp³-hybridized carbons (Fsp3) is 0.889. The number of rotatable bonds is 2. The fourth-order valence-electron chi connectivity index (χ4n) is 1.49. The van der Waals surface area contributed by atoms with E-state index in [0.717, 1.165) is 6.61 Å². The molecule has 1 saturated heterocycles. The largest absolute Gasteiger partial charge is 0.415 e. The summed E-state index contributed by atoms with van der Waals surface area (Å²) in [5.74, 6) is 0.138. The first-order chi connectivity index (χ1) is 6.13. The van der Waals surface area contributed by atoms with Crippen LogP contribution in [0.15, 0.2) is 0 Å². The molecule has 1 fully saturated rings. The molecule has 1 amide bonds. The first-order valence-corrected chi connectivity index (χ1v) is 6.54. The smallest absolute Gasteiger partial charge is 0.234 e. The topological polar surface area (TPSA) is 29.5 Å². The number of amides is 1. The van der Waals surface area contributed by atoms with Crippen molar-refractivity contribution in [1.82, 2.24) is 4.90 Å². The van der Waals surface area contributed by atoms with Crippen molar-refractivity contribution < 1.29 is 9.22 Å². The molecule has 0 aromatic heterocycles. The Morgan fingerprint density at radius 3 is 2.69 bits per heavy atom. The van der Waals surface area contributed by atoms with Crippen LogP contribution in [0.1, 0.15) is 26.7 Å². The second-order valence-electron chi connectivity index (χ2n) is 3.58. The van der Waals surface area contributed by atoms with Crippen LogP contribution >= 0.6 is 0 Å². The summed E-state index contributed by atoms with van der Waals surface area (Å²) in [6.45, 7) is 4.60. The summed E-state index contributed by atoms with van der Waals surface area (Å²) in [7, 11) is 1.10. The van der Waals surface area contributed by atoms with Crippen molar-refractivity contribution >= 4 is 14.9 Å². The lowest BCUT2D eigenvalue weighted by Crippen LogP contribution is -2.47. The van der Waals surface area contributed by atoms with Crippen molar-refractivity contribution in [2.24, 2.45) is 0 Å². The Balaban J connectivity index is 2.44. The lowest BCUT2D eigenvalue weighted by Gasteiger charge is -2.31. The van der Waals surface area contributed by atoms with E-state index in [2.05, 4.69) is 6.92 Å². The molecule has 1 aliphatic rings. The number of hydrogen-bond acceptors (Lipinski definition) is 2. The molecule has 1 aliphatic heterocycles. The second-order valence-corrected chi connectivity index (χ2v) is 6.13. The summed E-state index contributed by atoms with van der Waals surface area (Å²) < 4.78 is 5.72. The first-order valence-electron chi connectivity index (χ1n) is 4.85. The van der Waals surface area contributed by atoms with Gasteiger partial charge in [0.15, 0.2) is 0 Å². The highest BCUT2D eigenvalue weighted by Crippen LogP contribution is 2.16. The zero-order chi connectivity index (χ0) is 9.84. The number of carbonyl (C=O) groups is 1. The number of nitrogens with zero attached hydrogens (tertiary/aromatic N) is 1. The maximum Gasteiger partial charge on any atom is 0.234 e. The molecular formula is C9H18NO2Si. The van der Waals surface area contributed by atoms with Crippen LogP contribution in [0.5, 0.6) is 0 Å². The summed E-state index contributed by atoms with van der Waals surface area (Å²) in [4.78, 5) is 12.9. The molecule has 1 heterocycles. The van der Waals surface area contributed by atoms with Gasteiger partial charge in [-0.1, -0.05) is 6.42 Å². The average molecular weight is 200 g/mol. The Bertz CT molecular complexity index is 180. The quantitative estimate of drug-likeness (QED) is 0.627. The highest BCUT2D eigenvalue weighted by molar-refractivity contribution is 6.54. The van der Waals surface area contributed by atoms with Gasteiger partial charge in [0.2, 0.25) is 14.9 Å². The Morgan fingerprint density at radius 1 is 1.54 bits per heavy atom. The van der Waals surface area contributed by atoms with Crippen LogP contribution < -0.4 is 0 Å². The van der Waals surface area contributed by atoms with Gasteiger partial charge in [0.25, 0.3) is 0 Å². The van der Waals surface area contributed by atoms with Gasteiger partial charge < -0.3 is 9.33 Å². The average Bonchev–Trinajstić information content (AvgIpc) is 2.17. The third kappa shape index (κ3) is 2.81. The van der Waals surface area contributed by atoms with Gasteiger partial charge in [0, 0.05) is 26.2 Å². The van der Waals surface area contributed by atoms with Crippen molar-refractivity contribution in [2.45, 2.75) is 38.4 Å². The van der Waals surface area contributed by atoms with Gasteiger partial charge in [0.05, 0.1) is 0 Å². The molecule has 4 heteroatoms. The normalized spacial score (nSPS) is 21.2. The summed E-state index contributed by atoms with van der Waals surface area (Å²) in [6.07, 6.45) is 2.45. The summed E-state index contributed by atoms with van der Waals surface area (Å²) in [6, 6.07) is 1.18. The maximum atomic E-state index is 11.1. The van der Waals surface area contributed by atoms with Crippen molar-refractivity contribution in [1.29, 1.82) is 0 Å². The van der Waals surface area contributed by atoms with E-state index in [1.54, 1.807) is 11.8 Å². The van der Waals surface area contributed by atoms with Crippen LogP contribution in [0.3, 0.4) is 0 Å². The van der Waals surface area contributed by atoms with Gasteiger partial charge >= 0.3 is 0 Å². The van der Waals surface area contributed by atoms with Crippen LogP contribution in [0.4, 0.5) is 0 Å². The zero-order valence-electron chi connectivity index (χ0n) is 8.67. The predicted molar refractivity (Wildman–Crippen MR) is 53.7 cm³/mol. The molecule has 1 unspecified atom stereocenters. The molecule has 0 spiro atoms. The van der Waals surface area contributed by atoms with Gasteiger partial charge in [-0.25, -0.2) is 0 Å². The molecule has 0 saturated carbocycles. The van der Waals surface area contributed by atoms with Crippen LogP contribution in [-0.4, -0.2) is 39.2 Å². The number of hydrogen-bond donors (Lipinski definition) is 0. The second kappa shape index (κ2) is 4.76. The molecule has 0 aromatic carbocycles. The minimum absolute atomic E-state index is 0.138. The van der Waals surface area contributed by atoms with Crippen LogP contribution in [0.25, 0.3) is 0 Å². The van der Waals surface area contributed by atoms with Crippen molar-refractivity contribution in [3.63, 3.8) is 0 Å². The monoisotopic (exact) mass is 200 g/mol. The van der Waals surface area contributed by atoms with E-state index in [4.69, 9.17) is 4.43 Å². The van der Waals surface area contributed by atoms with Gasteiger partial charge in [-0.3, -0.25) is 4.79 Å². The first kappa shape index (κ1) is 10.7. The molecule has 13 heavy (non-hydrogen) atoms. The van der Waals surface area contributed by atoms with Gasteiger partial charge in [0.1, 0.15) is 0 Å². The standard InChI is InChI=1S/C9H18NO2Si/c1-8(11)10(3)9(2)13-7-5-4-6-12-13/h9H,4-7H2,1-3H3. The lowest BCUT2D eigenvalue weighted by atomic mass is 10.4. The minimum Gasteiger partial charge on any atom is -0.415 e. The van der Waals surface area contributed by atoms with Crippen molar-refractivity contribution in [3.8, 4) is 0 Å². The van der Waals surface area contributed by atoms with Crippen molar-refractivity contribution in [3.05, 3.63) is 0 Å². The molecule has 0 aromatic rings. The number of carbonyl (C=O) groups excluding carboxylic acids is 1. The molecular weight excluding hydrogens is 182 g/mol. The van der Waals surface area contributed by atoms with E-state index in [1.807, 2.05) is 7.05 Å². The van der Waals surface area contributed by atoms with E-state index in [9.17, 15) is 4.79 Å². The molecule has 0 bridgehead atoms. The lowest BCUT2D eigenvalue weighted by molar-refractivity contribution is -0.128. The van der Waals surface area contributed by atoms with E-state index < -0.39 is 9.04 Å². The van der Waals surface area contributed by atoms with Gasteiger partial charge in [-0.2, -0.15) is 0 Å². The van der Waals surface area contributed by atoms with E-state index >= 15 is 0 Å². The Morgan fingerprint density at radius 2 is 2.23 bits per heavy atom. The molecule has 1 rings (SSSR count). The van der Waals surface area contributed by atoms with Crippen LogP contribution in [0, 0.1) is 0 Å². The third-order valence-corrected chi connectivity index (χ3v) is 5.39. The highest BCUT2D eigenvalue weighted by atomic mass is 28.3. The maximum absolute atomic E-state index is 11.1. The Labute approximate surface area is 81.8 Å². The van der Waals surface area contributed by atoms with Gasteiger partial charge in [-0.15, -0.1) is 0 Å². The van der Waals surface area contributed by atoms with E-state index in [1.165, 1.54) is 18.9 Å². The SMILES string of the molecule is CC(=O)N(C)C(C)[Si]1CCCCO1. The fourth-order valence-corrected chi connectivity index (χ4v) is 3.92. The summed E-state index contributed by atoms with van der Waals surface area (Å²) in [5, 5.41) is 0. The summed E-state index contributed by atoms with van der Waals surface area (Å²) >= 11 is 0. The predicted octanol–water partition coefficient (Wildman–Crippen LogP) is 1.19. The van der Waals surface area contributed by atoms with Crippen LogP contribution in [0.2, 0.25) is 6.04 Å². The molecule has 0 aliphatic carbocycles. The molecule has 3 nitrogen and oxygen atoms in total. The van der Waals surface area contributed by atoms with E-state index in [-0.39, 0.29) is 5.91 Å². The zero-order valence-corrected chi connectivity index (χ0v) is 9.67. The Hall–Kier alpha value is -0.353. The molecule has 1 radical (unpaired) electrons. The molecule has 1 atom stereocenters. The van der Waals surface area contributed by atoms with Crippen LogP contribution in [-0.2, 0) is 9.22 Å². The molecule has 75 valence electrons. The van der Waals surface area contributed by atoms with E-state index in [0.29, 0.717) is 5.67 Å². The van der Waals surface area contributed by atoms with Crippen molar-refractivity contribution in [2.75, 3.05) is 13.7 Å². The molecule has 0 N–H and O–H groups in total. The van der Waals surface area contributed by atoms with Gasteiger partial charge in [-0.05, 0) is 19.4 Å². The minimum atomic E-state index is -0.764. The summed E-state index contributed by atoms with van der Waals surface area (Å²) in [5.41, 5.74) is 0.308.